The molecule has 6 nitrogen and oxygen atoms in total. The number of alkyl halides is 6. The number of hydrogen-bond donors (Lipinski definition) is 1. The van der Waals surface area contributed by atoms with E-state index in [2.05, 4.69) is 10.2 Å². The molecule has 2 unspecified atom stereocenters. The fraction of sp³-hybridized carbons (Fsp3) is 0.412. The van der Waals surface area contributed by atoms with E-state index in [1.165, 1.54) is 4.90 Å². The molecule has 0 bridgehead atoms. The number of aryl methyl sites for hydroxylation is 2. The van der Waals surface area contributed by atoms with Crippen molar-refractivity contribution in [3.63, 3.8) is 0 Å². The van der Waals surface area contributed by atoms with Crippen molar-refractivity contribution in [3.8, 4) is 0 Å². The fourth-order valence-corrected chi connectivity index (χ4v) is 6.41. The van der Waals surface area contributed by atoms with Crippen LogP contribution in [0.15, 0.2) is 66.7 Å². The molecule has 2 aliphatic heterocycles. The number of piperazine rings is 1. The summed E-state index contributed by atoms with van der Waals surface area (Å²) < 4.78 is 81.4. The third kappa shape index (κ3) is 7.90. The summed E-state index contributed by atoms with van der Waals surface area (Å²) in [6.45, 7) is 6.64. The molecule has 2 atom stereocenters. The third-order valence-corrected chi connectivity index (χ3v) is 8.84. The highest BCUT2D eigenvalue weighted by molar-refractivity contribution is 5.95. The number of halogens is 6. The lowest BCUT2D eigenvalue weighted by molar-refractivity contribution is -0.143. The van der Waals surface area contributed by atoms with Gasteiger partial charge in [-0.3, -0.25) is 19.4 Å². The fourth-order valence-electron chi connectivity index (χ4n) is 6.41. The van der Waals surface area contributed by atoms with Gasteiger partial charge in [0.25, 0.3) is 5.91 Å². The van der Waals surface area contributed by atoms with E-state index in [-0.39, 0.29) is 31.1 Å². The summed E-state index contributed by atoms with van der Waals surface area (Å²) in [7, 11) is 0. The number of para-hydroxylation sites is 1. The van der Waals surface area contributed by atoms with E-state index in [1.54, 1.807) is 0 Å². The van der Waals surface area contributed by atoms with Gasteiger partial charge in [0.1, 0.15) is 0 Å². The minimum Gasteiger partial charge on any atom is -0.334 e. The van der Waals surface area contributed by atoms with Gasteiger partial charge in [-0.15, -0.1) is 0 Å². The topological polar surface area (TPSA) is 55.9 Å². The zero-order chi connectivity index (χ0) is 33.2. The zero-order valence-corrected chi connectivity index (χ0v) is 25.6. The Labute approximate surface area is 264 Å². The normalized spacial score (nSPS) is 19.8. The van der Waals surface area contributed by atoms with Crippen LogP contribution in [-0.4, -0.2) is 77.9 Å². The first kappa shape index (κ1) is 33.5. The van der Waals surface area contributed by atoms with Gasteiger partial charge in [0, 0.05) is 56.1 Å². The van der Waals surface area contributed by atoms with Gasteiger partial charge >= 0.3 is 12.4 Å². The Kier molecular flexibility index (Phi) is 9.78. The largest absolute Gasteiger partial charge is 0.416 e. The first-order chi connectivity index (χ1) is 21.7. The van der Waals surface area contributed by atoms with Gasteiger partial charge in [-0.05, 0) is 61.6 Å². The predicted octanol–water partition coefficient (Wildman–Crippen LogP) is 6.42. The standard InChI is InChI=1S/C34H36F6N4O2/c1-22-7-6-8-23(2)31(22)41-30(45)21-42-11-13-43(14-12-42)29-19-28(15-24-9-4-3-5-10-24)44(20-29)32(46)25-16-26(33(35,36)37)18-27(17-25)34(38,39)40/h3-10,16-18,28-29H,11-15,19-21H2,1-2H3,(H,41,45). The number of hydrogen-bond acceptors (Lipinski definition) is 4. The molecular formula is C34H36F6N4O2. The van der Waals surface area contributed by atoms with E-state index >= 15 is 0 Å². The second-order valence-corrected chi connectivity index (χ2v) is 12.1. The molecule has 2 amide bonds. The van der Waals surface area contributed by atoms with Crippen LogP contribution < -0.4 is 5.32 Å². The first-order valence-corrected chi connectivity index (χ1v) is 15.2. The lowest BCUT2D eigenvalue weighted by Gasteiger charge is -2.37. The molecule has 3 aromatic rings. The summed E-state index contributed by atoms with van der Waals surface area (Å²) in [5.74, 6) is -0.979. The van der Waals surface area contributed by atoms with Crippen molar-refractivity contribution >= 4 is 17.5 Å². The maximum Gasteiger partial charge on any atom is 0.416 e. The van der Waals surface area contributed by atoms with Crippen molar-refractivity contribution < 1.29 is 35.9 Å². The Morgan fingerprint density at radius 1 is 0.804 bits per heavy atom. The molecule has 0 aliphatic carbocycles. The molecule has 0 saturated carbocycles. The molecule has 3 aromatic carbocycles. The average molecular weight is 647 g/mol. The van der Waals surface area contributed by atoms with Gasteiger partial charge < -0.3 is 10.2 Å². The van der Waals surface area contributed by atoms with Gasteiger partial charge in [-0.1, -0.05) is 48.5 Å². The van der Waals surface area contributed by atoms with Gasteiger partial charge in [-0.2, -0.15) is 26.3 Å². The molecule has 2 aliphatic rings. The molecule has 46 heavy (non-hydrogen) atoms. The van der Waals surface area contributed by atoms with Crippen LogP contribution in [0.2, 0.25) is 0 Å². The number of anilines is 1. The average Bonchev–Trinajstić information content (AvgIpc) is 3.42. The second-order valence-electron chi connectivity index (χ2n) is 12.1. The number of rotatable bonds is 7. The number of nitrogens with zero attached hydrogens (tertiary/aromatic N) is 3. The van der Waals surface area contributed by atoms with Crippen LogP contribution in [0.4, 0.5) is 32.0 Å². The zero-order valence-electron chi connectivity index (χ0n) is 25.6. The number of nitrogens with one attached hydrogen (secondary N) is 1. The highest BCUT2D eigenvalue weighted by atomic mass is 19.4. The molecule has 1 N–H and O–H groups in total. The molecule has 0 spiro atoms. The number of carbonyl (C=O) groups excluding carboxylic acids is 2. The molecule has 5 rings (SSSR count). The van der Waals surface area contributed by atoms with Gasteiger partial charge in [0.2, 0.25) is 5.91 Å². The molecule has 2 heterocycles. The predicted molar refractivity (Wildman–Crippen MR) is 162 cm³/mol. The second kappa shape index (κ2) is 13.4. The summed E-state index contributed by atoms with van der Waals surface area (Å²) in [6.07, 6.45) is -9.18. The van der Waals surface area contributed by atoms with E-state index in [0.29, 0.717) is 51.2 Å². The van der Waals surface area contributed by atoms with Gasteiger partial charge in [0.15, 0.2) is 0 Å². The minimum atomic E-state index is -5.05. The monoisotopic (exact) mass is 646 g/mol. The van der Waals surface area contributed by atoms with Crippen molar-refractivity contribution in [1.29, 1.82) is 0 Å². The van der Waals surface area contributed by atoms with Crippen LogP contribution in [0.3, 0.4) is 0 Å². The highest BCUT2D eigenvalue weighted by Crippen LogP contribution is 2.37. The molecule has 246 valence electrons. The van der Waals surface area contributed by atoms with Crippen LogP contribution in [-0.2, 0) is 23.6 Å². The van der Waals surface area contributed by atoms with E-state index in [9.17, 15) is 35.9 Å². The van der Waals surface area contributed by atoms with Crippen molar-refractivity contribution in [2.45, 2.75) is 51.1 Å². The van der Waals surface area contributed by atoms with E-state index in [1.807, 2.05) is 67.3 Å². The summed E-state index contributed by atoms with van der Waals surface area (Å²) in [6, 6.07) is 15.6. The smallest absolute Gasteiger partial charge is 0.334 e. The van der Waals surface area contributed by atoms with Crippen LogP contribution in [0.5, 0.6) is 0 Å². The van der Waals surface area contributed by atoms with Gasteiger partial charge in [-0.25, -0.2) is 0 Å². The van der Waals surface area contributed by atoms with Crippen LogP contribution in [0.1, 0.15) is 44.6 Å². The molecule has 12 heteroatoms. The molecule has 2 fully saturated rings. The number of carbonyl (C=O) groups is 2. The lowest BCUT2D eigenvalue weighted by Crippen LogP contribution is -2.52. The Bertz CT molecular complexity index is 1500. The number of likely N-dealkylation sites (tertiary alicyclic amines) is 1. The maximum atomic E-state index is 13.7. The van der Waals surface area contributed by atoms with Crippen molar-refractivity contribution in [2.24, 2.45) is 0 Å². The van der Waals surface area contributed by atoms with Gasteiger partial charge in [0.05, 0.1) is 17.7 Å². The lowest BCUT2D eigenvalue weighted by atomic mass is 10.0. The summed E-state index contributed by atoms with van der Waals surface area (Å²) in [4.78, 5) is 32.2. The Hall–Kier alpha value is -3.90. The maximum absolute atomic E-state index is 13.7. The van der Waals surface area contributed by atoms with E-state index in [0.717, 1.165) is 22.4 Å². The SMILES string of the molecule is Cc1cccc(C)c1NC(=O)CN1CCN(C2CC(Cc3ccccc3)N(C(=O)c3cc(C(F)(F)F)cc(C(F)(F)F)c3)C2)CC1. The number of amides is 2. The first-order valence-electron chi connectivity index (χ1n) is 15.2. The highest BCUT2D eigenvalue weighted by Gasteiger charge is 2.42. The van der Waals surface area contributed by atoms with Crippen molar-refractivity contribution in [2.75, 3.05) is 44.6 Å². The molecule has 0 aromatic heterocycles. The summed E-state index contributed by atoms with van der Waals surface area (Å²) in [5.41, 5.74) is -0.00934. The third-order valence-electron chi connectivity index (χ3n) is 8.84. The quantitative estimate of drug-likeness (QED) is 0.301. The molecule has 0 radical (unpaired) electrons. The Morgan fingerprint density at radius 3 is 1.96 bits per heavy atom. The molecular weight excluding hydrogens is 610 g/mol. The van der Waals surface area contributed by atoms with Crippen molar-refractivity contribution in [3.05, 3.63) is 100 Å². The van der Waals surface area contributed by atoms with Crippen LogP contribution in [0.25, 0.3) is 0 Å². The van der Waals surface area contributed by atoms with Crippen LogP contribution in [0, 0.1) is 13.8 Å². The van der Waals surface area contributed by atoms with E-state index < -0.39 is 41.0 Å². The minimum absolute atomic E-state index is 0.0347. The summed E-state index contributed by atoms with van der Waals surface area (Å²) in [5, 5.41) is 3.00. The Morgan fingerprint density at radius 2 is 1.39 bits per heavy atom. The summed E-state index contributed by atoms with van der Waals surface area (Å²) >= 11 is 0. The van der Waals surface area contributed by atoms with Crippen molar-refractivity contribution in [1.82, 2.24) is 14.7 Å². The van der Waals surface area contributed by atoms with E-state index in [4.69, 9.17) is 0 Å². The van der Waals surface area contributed by atoms with Crippen LogP contribution >= 0.6 is 0 Å². The number of benzene rings is 3. The Balaban J connectivity index is 1.30. The molecule has 2 saturated heterocycles.